The third-order valence-electron chi connectivity index (χ3n) is 3.81. The number of nitrogens with zero attached hydrogens (tertiary/aromatic N) is 3. The van der Waals surface area contributed by atoms with Gasteiger partial charge < -0.3 is 5.32 Å². The number of amides is 1. The Bertz CT molecular complexity index is 596. The summed E-state index contributed by atoms with van der Waals surface area (Å²) in [6.07, 6.45) is 2.07. The molecule has 1 atom stereocenters. The Hall–Kier alpha value is -1.41. The Morgan fingerprint density at radius 1 is 1.52 bits per heavy atom. The van der Waals surface area contributed by atoms with Crippen LogP contribution in [0.5, 0.6) is 0 Å². The van der Waals surface area contributed by atoms with Gasteiger partial charge in [-0.05, 0) is 6.07 Å². The molecule has 1 amide bonds. The summed E-state index contributed by atoms with van der Waals surface area (Å²) in [6, 6.07) is 1.87. The molecule has 0 spiro atoms. The second-order valence-electron chi connectivity index (χ2n) is 5.27. The summed E-state index contributed by atoms with van der Waals surface area (Å²) in [7, 11) is -1.36. The van der Waals surface area contributed by atoms with Crippen LogP contribution in [0.2, 0.25) is 0 Å². The summed E-state index contributed by atoms with van der Waals surface area (Å²) in [5, 5.41) is 6.90. The number of rotatable bonds is 6. The van der Waals surface area contributed by atoms with Gasteiger partial charge in [-0.2, -0.15) is 5.10 Å². The first-order chi connectivity index (χ1) is 9.95. The van der Waals surface area contributed by atoms with Gasteiger partial charge in [0.05, 0.1) is 23.9 Å². The number of aromatic nitrogens is 2. The van der Waals surface area contributed by atoms with Gasteiger partial charge in [0.1, 0.15) is 0 Å². The van der Waals surface area contributed by atoms with E-state index in [-0.39, 0.29) is 23.5 Å². The van der Waals surface area contributed by atoms with E-state index >= 15 is 0 Å². The Kier molecular flexibility index (Phi) is 5.00. The Labute approximate surface area is 125 Å². The second-order valence-corrected chi connectivity index (χ2v) is 7.74. The van der Waals surface area contributed by atoms with Gasteiger partial charge >= 0.3 is 0 Å². The standard InChI is InChI=1S/C13H22N4O3S/c1-3-21(19,20)7-6-16-9-11-4-5-15-17(11)12(10-16)8-13(18)14-2/h4-5,12H,3,6-10H2,1-2H3,(H,14,18). The Morgan fingerprint density at radius 3 is 2.95 bits per heavy atom. The number of hydrogen-bond donors (Lipinski definition) is 1. The van der Waals surface area contributed by atoms with Gasteiger partial charge in [0, 0.05) is 38.6 Å². The van der Waals surface area contributed by atoms with E-state index in [9.17, 15) is 13.2 Å². The summed E-state index contributed by atoms with van der Waals surface area (Å²) in [5.74, 6) is 0.287. The van der Waals surface area contributed by atoms with Crippen LogP contribution in [0.4, 0.5) is 0 Å². The van der Waals surface area contributed by atoms with E-state index in [1.807, 2.05) is 10.7 Å². The lowest BCUT2D eigenvalue weighted by Gasteiger charge is -2.33. The van der Waals surface area contributed by atoms with E-state index in [1.165, 1.54) is 0 Å². The van der Waals surface area contributed by atoms with Crippen molar-refractivity contribution in [3.05, 3.63) is 18.0 Å². The van der Waals surface area contributed by atoms with Crippen LogP contribution in [0.1, 0.15) is 25.1 Å². The van der Waals surface area contributed by atoms with E-state index in [2.05, 4.69) is 15.3 Å². The molecule has 0 fully saturated rings. The normalized spacial score (nSPS) is 19.2. The molecular weight excluding hydrogens is 292 g/mol. The molecule has 1 unspecified atom stereocenters. The van der Waals surface area contributed by atoms with Gasteiger partial charge in [0.25, 0.3) is 0 Å². The molecule has 1 aliphatic rings. The molecule has 0 aliphatic carbocycles. The summed E-state index contributed by atoms with van der Waals surface area (Å²) in [5.41, 5.74) is 1.02. The number of carbonyl (C=O) groups excluding carboxylic acids is 1. The van der Waals surface area contributed by atoms with Crippen LogP contribution in [-0.2, 0) is 21.2 Å². The lowest BCUT2D eigenvalue weighted by atomic mass is 10.1. The highest BCUT2D eigenvalue weighted by atomic mass is 32.2. The molecule has 2 rings (SSSR count). The van der Waals surface area contributed by atoms with Crippen molar-refractivity contribution in [1.82, 2.24) is 20.0 Å². The zero-order valence-corrected chi connectivity index (χ0v) is 13.3. The van der Waals surface area contributed by atoms with E-state index in [4.69, 9.17) is 0 Å². The van der Waals surface area contributed by atoms with Crippen molar-refractivity contribution in [1.29, 1.82) is 0 Å². The lowest BCUT2D eigenvalue weighted by Crippen LogP contribution is -2.41. The van der Waals surface area contributed by atoms with Crippen LogP contribution in [-0.4, -0.2) is 60.6 Å². The van der Waals surface area contributed by atoms with Gasteiger partial charge in [-0.25, -0.2) is 8.42 Å². The van der Waals surface area contributed by atoms with Crippen molar-refractivity contribution >= 4 is 15.7 Å². The fraction of sp³-hybridized carbons (Fsp3) is 0.692. The molecule has 0 bridgehead atoms. The van der Waals surface area contributed by atoms with Crippen molar-refractivity contribution in [3.8, 4) is 0 Å². The molecule has 1 aromatic rings. The van der Waals surface area contributed by atoms with Gasteiger partial charge in [-0.1, -0.05) is 6.92 Å². The smallest absolute Gasteiger partial charge is 0.221 e. The second kappa shape index (κ2) is 6.57. The van der Waals surface area contributed by atoms with Crippen LogP contribution < -0.4 is 5.32 Å². The van der Waals surface area contributed by atoms with Crippen LogP contribution in [0.3, 0.4) is 0 Å². The topological polar surface area (TPSA) is 84.3 Å². The van der Waals surface area contributed by atoms with Gasteiger partial charge in [0.15, 0.2) is 9.84 Å². The molecule has 0 radical (unpaired) electrons. The average Bonchev–Trinajstić information content (AvgIpc) is 2.93. The highest BCUT2D eigenvalue weighted by molar-refractivity contribution is 7.91. The summed E-state index contributed by atoms with van der Waals surface area (Å²) in [4.78, 5) is 13.7. The molecule has 21 heavy (non-hydrogen) atoms. The largest absolute Gasteiger partial charge is 0.359 e. The maximum absolute atomic E-state index is 11.6. The van der Waals surface area contributed by atoms with E-state index in [0.29, 0.717) is 26.1 Å². The predicted octanol–water partition coefficient (Wildman–Crippen LogP) is -0.189. The molecule has 118 valence electrons. The molecule has 1 aromatic heterocycles. The molecule has 0 saturated carbocycles. The number of carbonyl (C=O) groups is 1. The fourth-order valence-electron chi connectivity index (χ4n) is 2.51. The lowest BCUT2D eigenvalue weighted by molar-refractivity contribution is -0.121. The van der Waals surface area contributed by atoms with E-state index in [0.717, 1.165) is 5.69 Å². The molecule has 8 heteroatoms. The van der Waals surface area contributed by atoms with Crippen LogP contribution in [0.15, 0.2) is 12.3 Å². The van der Waals surface area contributed by atoms with Crippen LogP contribution in [0.25, 0.3) is 0 Å². The first-order valence-electron chi connectivity index (χ1n) is 7.11. The van der Waals surface area contributed by atoms with Crippen molar-refractivity contribution in [2.24, 2.45) is 0 Å². The molecular formula is C13H22N4O3S. The maximum Gasteiger partial charge on any atom is 0.221 e. The first-order valence-corrected chi connectivity index (χ1v) is 8.93. The fourth-order valence-corrected chi connectivity index (χ4v) is 3.34. The Morgan fingerprint density at radius 2 is 2.29 bits per heavy atom. The highest BCUT2D eigenvalue weighted by Crippen LogP contribution is 2.22. The van der Waals surface area contributed by atoms with Crippen molar-refractivity contribution in [2.75, 3.05) is 31.6 Å². The monoisotopic (exact) mass is 314 g/mol. The zero-order chi connectivity index (χ0) is 15.5. The molecule has 7 nitrogen and oxygen atoms in total. The van der Waals surface area contributed by atoms with Crippen LogP contribution >= 0.6 is 0 Å². The van der Waals surface area contributed by atoms with E-state index < -0.39 is 9.84 Å². The predicted molar refractivity (Wildman–Crippen MR) is 79.6 cm³/mol. The quantitative estimate of drug-likeness (QED) is 0.787. The van der Waals surface area contributed by atoms with Crippen molar-refractivity contribution in [2.45, 2.75) is 25.9 Å². The van der Waals surface area contributed by atoms with Crippen molar-refractivity contribution in [3.63, 3.8) is 0 Å². The molecule has 0 saturated heterocycles. The maximum atomic E-state index is 11.6. The van der Waals surface area contributed by atoms with Gasteiger partial charge in [-0.15, -0.1) is 0 Å². The number of nitrogens with one attached hydrogen (secondary N) is 1. The van der Waals surface area contributed by atoms with E-state index in [1.54, 1.807) is 20.2 Å². The summed E-state index contributed by atoms with van der Waals surface area (Å²) < 4.78 is 25.1. The number of fused-ring (bicyclic) bond motifs is 1. The number of sulfone groups is 1. The first kappa shape index (κ1) is 16.0. The molecule has 1 N–H and O–H groups in total. The molecule has 2 heterocycles. The Balaban J connectivity index is 2.05. The third-order valence-corrected chi connectivity index (χ3v) is 5.50. The average molecular weight is 314 g/mol. The van der Waals surface area contributed by atoms with Crippen LogP contribution in [0, 0.1) is 0 Å². The minimum absolute atomic E-state index is 0.0375. The minimum atomic E-state index is -2.97. The summed E-state index contributed by atoms with van der Waals surface area (Å²) >= 11 is 0. The minimum Gasteiger partial charge on any atom is -0.359 e. The third kappa shape index (κ3) is 4.04. The zero-order valence-electron chi connectivity index (χ0n) is 12.4. The highest BCUT2D eigenvalue weighted by Gasteiger charge is 2.27. The summed E-state index contributed by atoms with van der Waals surface area (Å²) in [6.45, 7) is 3.46. The number of hydrogen-bond acceptors (Lipinski definition) is 5. The SMILES string of the molecule is CCS(=O)(=O)CCN1Cc2ccnn2C(CC(=O)NC)C1. The van der Waals surface area contributed by atoms with Gasteiger partial charge in [0.2, 0.25) is 5.91 Å². The molecule has 1 aliphatic heterocycles. The van der Waals surface area contributed by atoms with Gasteiger partial charge in [-0.3, -0.25) is 14.4 Å². The van der Waals surface area contributed by atoms with Crippen molar-refractivity contribution < 1.29 is 13.2 Å². The molecule has 0 aromatic carbocycles.